The van der Waals surface area contributed by atoms with E-state index in [1.807, 2.05) is 23.6 Å². The quantitative estimate of drug-likeness (QED) is 0.773. The molecule has 0 saturated carbocycles. The molecule has 0 aliphatic heterocycles. The molecule has 0 aliphatic carbocycles. The van der Waals surface area contributed by atoms with Gasteiger partial charge in [0.05, 0.1) is 17.4 Å². The molecule has 2 aromatic rings. The van der Waals surface area contributed by atoms with Crippen LogP contribution in [-0.2, 0) is 0 Å². The van der Waals surface area contributed by atoms with Crippen LogP contribution in [-0.4, -0.2) is 12.1 Å². The van der Waals surface area contributed by atoms with E-state index in [4.69, 9.17) is 16.3 Å². The van der Waals surface area contributed by atoms with Crippen LogP contribution < -0.4 is 4.74 Å². The molecule has 0 saturated heterocycles. The molecule has 0 aromatic carbocycles. The Balaban J connectivity index is 2.23. The highest BCUT2D eigenvalue weighted by molar-refractivity contribution is 7.10. The average molecular weight is 268 g/mol. The van der Waals surface area contributed by atoms with Crippen molar-refractivity contribution in [3.63, 3.8) is 0 Å². The van der Waals surface area contributed by atoms with Gasteiger partial charge in [0, 0.05) is 18.3 Å². The Morgan fingerprint density at radius 1 is 1.29 bits per heavy atom. The van der Waals surface area contributed by atoms with Crippen molar-refractivity contribution < 1.29 is 4.74 Å². The summed E-state index contributed by atoms with van der Waals surface area (Å²) < 4.78 is 5.31. The molecule has 17 heavy (non-hydrogen) atoms. The molecule has 0 aliphatic rings. The summed E-state index contributed by atoms with van der Waals surface area (Å²) in [6, 6.07) is 5.95. The Kier molecular flexibility index (Phi) is 4.02. The largest absolute Gasteiger partial charge is 0.496 e. The van der Waals surface area contributed by atoms with Crippen molar-refractivity contribution in [3.05, 3.63) is 46.4 Å². The average Bonchev–Trinajstić information content (AvgIpc) is 2.86. The zero-order chi connectivity index (χ0) is 12.3. The van der Waals surface area contributed by atoms with E-state index in [9.17, 15) is 0 Å². The second-order valence-electron chi connectivity index (χ2n) is 3.82. The lowest BCUT2D eigenvalue weighted by Gasteiger charge is -2.18. The molecule has 90 valence electrons. The van der Waals surface area contributed by atoms with Crippen molar-refractivity contribution in [2.24, 2.45) is 0 Å². The van der Waals surface area contributed by atoms with Gasteiger partial charge in [-0.3, -0.25) is 4.98 Å². The Morgan fingerprint density at radius 3 is 2.65 bits per heavy atom. The third-order valence-corrected chi connectivity index (χ3v) is 4.51. The maximum atomic E-state index is 6.53. The van der Waals surface area contributed by atoms with E-state index < -0.39 is 0 Å². The summed E-state index contributed by atoms with van der Waals surface area (Å²) >= 11 is 8.16. The number of halogens is 1. The first kappa shape index (κ1) is 12.4. The van der Waals surface area contributed by atoms with Gasteiger partial charge in [0.1, 0.15) is 5.75 Å². The van der Waals surface area contributed by atoms with Crippen molar-refractivity contribution in [3.8, 4) is 5.75 Å². The Hall–Kier alpha value is -1.06. The molecule has 2 aromatic heterocycles. The van der Waals surface area contributed by atoms with Gasteiger partial charge in [-0.05, 0) is 29.1 Å². The number of aromatic nitrogens is 1. The van der Waals surface area contributed by atoms with Gasteiger partial charge in [0.15, 0.2) is 0 Å². The van der Waals surface area contributed by atoms with Gasteiger partial charge in [-0.15, -0.1) is 22.9 Å². The molecule has 0 bridgehead atoms. The molecule has 0 spiro atoms. The van der Waals surface area contributed by atoms with Gasteiger partial charge in [-0.1, -0.05) is 6.92 Å². The minimum Gasteiger partial charge on any atom is -0.496 e. The van der Waals surface area contributed by atoms with Crippen LogP contribution in [0, 0.1) is 0 Å². The topological polar surface area (TPSA) is 22.1 Å². The molecular formula is C13H14ClNOS. The van der Waals surface area contributed by atoms with E-state index in [2.05, 4.69) is 11.9 Å². The predicted octanol–water partition coefficient (Wildman–Crippen LogP) is 4.24. The molecule has 0 fully saturated rings. The maximum Gasteiger partial charge on any atom is 0.134 e. The van der Waals surface area contributed by atoms with Crippen molar-refractivity contribution >= 4 is 22.9 Å². The summed E-state index contributed by atoms with van der Waals surface area (Å²) in [5.74, 6) is 1.10. The zero-order valence-electron chi connectivity index (χ0n) is 9.76. The number of rotatable bonds is 4. The van der Waals surface area contributed by atoms with Crippen LogP contribution in [0.25, 0.3) is 0 Å². The standard InChI is InChI=1S/C13H14ClNOS/c1-9(10-3-6-15-7-4-10)12(14)13-11(16-2)5-8-17-13/h3-9,12H,1-2H3. The highest BCUT2D eigenvalue weighted by atomic mass is 35.5. The van der Waals surface area contributed by atoms with E-state index in [-0.39, 0.29) is 11.3 Å². The predicted molar refractivity (Wildman–Crippen MR) is 72.1 cm³/mol. The molecule has 4 heteroatoms. The van der Waals surface area contributed by atoms with E-state index in [0.717, 1.165) is 10.6 Å². The Labute approximate surface area is 110 Å². The molecule has 2 atom stereocenters. The van der Waals surface area contributed by atoms with Gasteiger partial charge in [0.25, 0.3) is 0 Å². The highest BCUT2D eigenvalue weighted by Crippen LogP contribution is 2.42. The summed E-state index contributed by atoms with van der Waals surface area (Å²) in [6.45, 7) is 2.12. The van der Waals surface area contributed by atoms with Crippen LogP contribution in [0.2, 0.25) is 0 Å². The first-order valence-corrected chi connectivity index (χ1v) is 6.71. The van der Waals surface area contributed by atoms with E-state index >= 15 is 0 Å². The van der Waals surface area contributed by atoms with Crippen molar-refractivity contribution in [1.82, 2.24) is 4.98 Å². The number of methoxy groups -OCH3 is 1. The molecule has 2 rings (SSSR count). The molecule has 2 heterocycles. The lowest BCUT2D eigenvalue weighted by atomic mass is 9.97. The van der Waals surface area contributed by atoms with E-state index in [0.29, 0.717) is 0 Å². The number of ether oxygens (including phenoxy) is 1. The molecule has 0 N–H and O–H groups in total. The fourth-order valence-electron chi connectivity index (χ4n) is 1.74. The fraction of sp³-hybridized carbons (Fsp3) is 0.308. The van der Waals surface area contributed by atoms with E-state index in [1.54, 1.807) is 30.8 Å². The molecule has 0 amide bonds. The van der Waals surface area contributed by atoms with Crippen LogP contribution in [0.4, 0.5) is 0 Å². The normalized spacial score (nSPS) is 14.3. The van der Waals surface area contributed by atoms with Crippen LogP contribution in [0.1, 0.15) is 28.7 Å². The van der Waals surface area contributed by atoms with Crippen molar-refractivity contribution in [2.45, 2.75) is 18.2 Å². The second kappa shape index (κ2) is 5.52. The van der Waals surface area contributed by atoms with Gasteiger partial charge >= 0.3 is 0 Å². The summed E-state index contributed by atoms with van der Waals surface area (Å²) in [5, 5.41) is 1.93. The first-order valence-electron chi connectivity index (χ1n) is 5.39. The lowest BCUT2D eigenvalue weighted by molar-refractivity contribution is 0.410. The van der Waals surface area contributed by atoms with Crippen molar-refractivity contribution in [2.75, 3.05) is 7.11 Å². The minimum atomic E-state index is -0.0765. The van der Waals surface area contributed by atoms with Crippen LogP contribution in [0.15, 0.2) is 36.0 Å². The van der Waals surface area contributed by atoms with Gasteiger partial charge in [0.2, 0.25) is 0 Å². The number of alkyl halides is 1. The first-order chi connectivity index (χ1) is 8.24. The lowest BCUT2D eigenvalue weighted by Crippen LogP contribution is -2.02. The van der Waals surface area contributed by atoms with Crippen LogP contribution in [0.5, 0.6) is 5.75 Å². The summed E-state index contributed by atoms with van der Waals surface area (Å²) in [5.41, 5.74) is 1.19. The number of hydrogen-bond donors (Lipinski definition) is 0. The van der Waals surface area contributed by atoms with E-state index in [1.165, 1.54) is 5.56 Å². The number of hydrogen-bond acceptors (Lipinski definition) is 3. The highest BCUT2D eigenvalue weighted by Gasteiger charge is 2.22. The third-order valence-electron chi connectivity index (χ3n) is 2.80. The Morgan fingerprint density at radius 2 is 2.00 bits per heavy atom. The minimum absolute atomic E-state index is 0.0765. The SMILES string of the molecule is COc1ccsc1C(Cl)C(C)c1ccncc1. The summed E-state index contributed by atoms with van der Waals surface area (Å²) in [7, 11) is 1.67. The van der Waals surface area contributed by atoms with Crippen molar-refractivity contribution in [1.29, 1.82) is 0 Å². The smallest absolute Gasteiger partial charge is 0.134 e. The van der Waals surface area contributed by atoms with Gasteiger partial charge in [-0.2, -0.15) is 0 Å². The second-order valence-corrected chi connectivity index (χ2v) is 5.24. The van der Waals surface area contributed by atoms with Gasteiger partial charge in [-0.25, -0.2) is 0 Å². The monoisotopic (exact) mass is 267 g/mol. The Bertz CT molecular complexity index is 471. The third kappa shape index (κ3) is 2.61. The molecule has 2 unspecified atom stereocenters. The zero-order valence-corrected chi connectivity index (χ0v) is 11.3. The van der Waals surface area contributed by atoms with Crippen LogP contribution >= 0.6 is 22.9 Å². The number of pyridine rings is 1. The number of thiophene rings is 1. The van der Waals surface area contributed by atoms with Gasteiger partial charge < -0.3 is 4.74 Å². The van der Waals surface area contributed by atoms with Crippen LogP contribution in [0.3, 0.4) is 0 Å². The maximum absolute atomic E-state index is 6.53. The summed E-state index contributed by atoms with van der Waals surface area (Å²) in [6.07, 6.45) is 3.59. The number of nitrogens with zero attached hydrogens (tertiary/aromatic N) is 1. The molecular weight excluding hydrogens is 254 g/mol. The fourth-order valence-corrected chi connectivity index (χ4v) is 3.09. The molecule has 2 nitrogen and oxygen atoms in total. The summed E-state index contributed by atoms with van der Waals surface area (Å²) in [4.78, 5) is 5.10. The molecule has 0 radical (unpaired) electrons.